The van der Waals surface area contributed by atoms with E-state index in [1.807, 2.05) is 49.6 Å². The third-order valence-corrected chi connectivity index (χ3v) is 4.71. The molecule has 2 aromatic heterocycles. The number of carbonyl (C=O) groups is 1. The highest BCUT2D eigenvalue weighted by molar-refractivity contribution is 7.17. The molecule has 2 heterocycles. The van der Waals surface area contributed by atoms with Gasteiger partial charge in [0.15, 0.2) is 0 Å². The lowest BCUT2D eigenvalue weighted by molar-refractivity contribution is -0.117. The molecule has 0 radical (unpaired) electrons. The number of ether oxygens (including phenoxy) is 1. The fourth-order valence-corrected chi connectivity index (χ4v) is 3.50. The van der Waals surface area contributed by atoms with Crippen molar-refractivity contribution in [2.45, 2.75) is 26.9 Å². The lowest BCUT2D eigenvalue weighted by atomic mass is 10.1. The van der Waals surface area contributed by atoms with Crippen LogP contribution in [0, 0.1) is 13.8 Å². The van der Waals surface area contributed by atoms with Crippen LogP contribution in [0.4, 0.5) is 0 Å². The minimum absolute atomic E-state index is 0.272. The number of pyridine rings is 1. The Hall–Kier alpha value is -2.40. The number of amides is 1. The highest BCUT2D eigenvalue weighted by atomic mass is 32.1. The molecule has 2 N–H and O–H groups in total. The van der Waals surface area contributed by atoms with E-state index in [1.165, 1.54) is 0 Å². The summed E-state index contributed by atoms with van der Waals surface area (Å²) in [5, 5.41) is 3.04. The molecular formula is C18H18N2O2S. The van der Waals surface area contributed by atoms with Crippen LogP contribution < -0.4 is 10.5 Å². The quantitative estimate of drug-likeness (QED) is 0.780. The van der Waals surface area contributed by atoms with Gasteiger partial charge < -0.3 is 10.5 Å². The molecule has 0 aliphatic heterocycles. The second-order valence-corrected chi connectivity index (χ2v) is 6.46. The highest BCUT2D eigenvalue weighted by Crippen LogP contribution is 2.30. The van der Waals surface area contributed by atoms with Gasteiger partial charge in [0, 0.05) is 21.7 Å². The van der Waals surface area contributed by atoms with Crippen molar-refractivity contribution in [2.75, 3.05) is 0 Å². The number of hydrogen-bond donors (Lipinski definition) is 1. The van der Waals surface area contributed by atoms with Crippen LogP contribution in [0.5, 0.6) is 5.75 Å². The summed E-state index contributed by atoms with van der Waals surface area (Å²) >= 11 is 1.60. The zero-order valence-electron chi connectivity index (χ0n) is 13.1. The summed E-state index contributed by atoms with van der Waals surface area (Å²) in [5.74, 6) is 0.498. The predicted molar refractivity (Wildman–Crippen MR) is 92.8 cm³/mol. The topological polar surface area (TPSA) is 65.2 Å². The minimum Gasteiger partial charge on any atom is -0.489 e. The van der Waals surface area contributed by atoms with E-state index in [-0.39, 0.29) is 12.3 Å². The first-order valence-electron chi connectivity index (χ1n) is 7.37. The molecule has 0 spiro atoms. The number of primary amides is 1. The molecule has 3 rings (SSSR count). The molecule has 1 amide bonds. The first-order chi connectivity index (χ1) is 11.0. The van der Waals surface area contributed by atoms with E-state index in [1.54, 1.807) is 11.3 Å². The van der Waals surface area contributed by atoms with Crippen molar-refractivity contribution in [3.63, 3.8) is 0 Å². The maximum Gasteiger partial charge on any atom is 0.221 e. The first-order valence-corrected chi connectivity index (χ1v) is 8.25. The van der Waals surface area contributed by atoms with E-state index in [4.69, 9.17) is 10.5 Å². The summed E-state index contributed by atoms with van der Waals surface area (Å²) in [6, 6.07) is 9.95. The second-order valence-electron chi connectivity index (χ2n) is 5.55. The van der Waals surface area contributed by atoms with Crippen molar-refractivity contribution in [3.05, 3.63) is 58.2 Å². The van der Waals surface area contributed by atoms with Crippen molar-refractivity contribution >= 4 is 27.3 Å². The number of rotatable bonds is 5. The molecule has 0 atom stereocenters. The normalized spacial score (nSPS) is 10.9. The van der Waals surface area contributed by atoms with E-state index in [0.717, 1.165) is 38.4 Å². The van der Waals surface area contributed by atoms with Gasteiger partial charge in [0.2, 0.25) is 5.91 Å². The molecule has 0 saturated carbocycles. The van der Waals surface area contributed by atoms with Gasteiger partial charge in [0.25, 0.3) is 0 Å². The van der Waals surface area contributed by atoms with E-state index < -0.39 is 0 Å². The van der Waals surface area contributed by atoms with Crippen LogP contribution in [-0.4, -0.2) is 10.9 Å². The number of aryl methyl sites for hydroxylation is 2. The summed E-state index contributed by atoms with van der Waals surface area (Å²) in [4.78, 5) is 15.5. The summed E-state index contributed by atoms with van der Waals surface area (Å²) in [6.45, 7) is 4.46. The van der Waals surface area contributed by atoms with Crippen LogP contribution in [0.3, 0.4) is 0 Å². The van der Waals surface area contributed by atoms with Crippen molar-refractivity contribution in [1.82, 2.24) is 4.98 Å². The summed E-state index contributed by atoms with van der Waals surface area (Å²) < 4.78 is 6.98. The number of aromatic nitrogens is 1. The van der Waals surface area contributed by atoms with Gasteiger partial charge in [0.1, 0.15) is 12.4 Å². The smallest absolute Gasteiger partial charge is 0.221 e. The Morgan fingerprint density at radius 3 is 2.78 bits per heavy atom. The third kappa shape index (κ3) is 3.51. The van der Waals surface area contributed by atoms with Gasteiger partial charge in [-0.3, -0.25) is 9.78 Å². The Bertz CT molecular complexity index is 871. The van der Waals surface area contributed by atoms with Crippen molar-refractivity contribution in [3.8, 4) is 5.75 Å². The van der Waals surface area contributed by atoms with Gasteiger partial charge >= 0.3 is 0 Å². The van der Waals surface area contributed by atoms with E-state index in [2.05, 4.69) is 4.98 Å². The number of benzene rings is 1. The maximum absolute atomic E-state index is 11.1. The zero-order valence-corrected chi connectivity index (χ0v) is 13.9. The van der Waals surface area contributed by atoms with Crippen LogP contribution in [-0.2, 0) is 17.8 Å². The molecule has 5 heteroatoms. The van der Waals surface area contributed by atoms with Crippen molar-refractivity contribution in [1.29, 1.82) is 0 Å². The largest absolute Gasteiger partial charge is 0.489 e. The molecule has 118 valence electrons. The minimum atomic E-state index is -0.313. The number of fused-ring (bicyclic) bond motifs is 1. The zero-order chi connectivity index (χ0) is 16.4. The number of hydrogen-bond acceptors (Lipinski definition) is 4. The van der Waals surface area contributed by atoms with E-state index in [9.17, 15) is 4.79 Å². The van der Waals surface area contributed by atoms with Gasteiger partial charge in [-0.25, -0.2) is 0 Å². The fourth-order valence-electron chi connectivity index (χ4n) is 2.51. The average Bonchev–Trinajstić information content (AvgIpc) is 2.88. The fraction of sp³-hybridized carbons (Fsp3) is 0.222. The predicted octanol–water partition coefficient (Wildman–Crippen LogP) is 3.52. The Morgan fingerprint density at radius 1 is 1.22 bits per heavy atom. The molecule has 23 heavy (non-hydrogen) atoms. The number of nitrogens with zero attached hydrogens (tertiary/aromatic N) is 1. The van der Waals surface area contributed by atoms with Crippen LogP contribution >= 0.6 is 11.3 Å². The van der Waals surface area contributed by atoms with Crippen molar-refractivity contribution < 1.29 is 9.53 Å². The Balaban J connectivity index is 1.77. The van der Waals surface area contributed by atoms with Gasteiger partial charge in [-0.2, -0.15) is 0 Å². The maximum atomic E-state index is 11.1. The highest BCUT2D eigenvalue weighted by Gasteiger charge is 2.08. The molecule has 0 bridgehead atoms. The van der Waals surface area contributed by atoms with Crippen LogP contribution in [0.25, 0.3) is 10.1 Å². The van der Waals surface area contributed by atoms with Crippen LogP contribution in [0.1, 0.15) is 22.5 Å². The Morgan fingerprint density at radius 2 is 2.04 bits per heavy atom. The third-order valence-electron chi connectivity index (χ3n) is 3.72. The Kier molecular flexibility index (Phi) is 4.30. The molecule has 0 unspecified atom stereocenters. The summed E-state index contributed by atoms with van der Waals surface area (Å²) in [6.07, 6.45) is 0.272. The van der Waals surface area contributed by atoms with Crippen molar-refractivity contribution in [2.24, 2.45) is 5.73 Å². The molecule has 3 aromatic rings. The van der Waals surface area contributed by atoms with Gasteiger partial charge in [-0.05, 0) is 54.4 Å². The molecule has 0 fully saturated rings. The van der Waals surface area contributed by atoms with Gasteiger partial charge in [0.05, 0.1) is 6.42 Å². The number of carbonyl (C=O) groups excluding carboxylic acids is 1. The number of nitrogens with two attached hydrogens (primary N) is 1. The number of thiophene rings is 1. The first kappa shape index (κ1) is 15.5. The van der Waals surface area contributed by atoms with Gasteiger partial charge in [-0.1, -0.05) is 6.07 Å². The van der Waals surface area contributed by atoms with E-state index >= 15 is 0 Å². The van der Waals surface area contributed by atoms with E-state index in [0.29, 0.717) is 6.61 Å². The molecule has 0 aliphatic carbocycles. The molecule has 1 aromatic carbocycles. The lowest BCUT2D eigenvalue weighted by Crippen LogP contribution is -2.13. The second kappa shape index (κ2) is 6.38. The van der Waals surface area contributed by atoms with Crippen LogP contribution in [0.15, 0.2) is 35.7 Å². The molecular weight excluding hydrogens is 308 g/mol. The average molecular weight is 326 g/mol. The lowest BCUT2D eigenvalue weighted by Gasteiger charge is -2.09. The van der Waals surface area contributed by atoms with Crippen LogP contribution in [0.2, 0.25) is 0 Å². The monoisotopic (exact) mass is 326 g/mol. The molecule has 0 aliphatic rings. The molecule has 4 nitrogen and oxygen atoms in total. The summed E-state index contributed by atoms with van der Waals surface area (Å²) in [5.41, 5.74) is 9.33. The van der Waals surface area contributed by atoms with Gasteiger partial charge in [-0.15, -0.1) is 11.3 Å². The summed E-state index contributed by atoms with van der Waals surface area (Å²) in [7, 11) is 0. The standard InChI is InChI=1S/C18H18N2O2S/c1-11-3-4-13(12(2)20-11)9-22-15-5-6-16-14(7-18(19)21)10-23-17(16)8-15/h3-6,8,10H,7,9H2,1-2H3,(H2,19,21). The Labute approximate surface area is 138 Å². The molecule has 0 saturated heterocycles. The SMILES string of the molecule is Cc1ccc(COc2ccc3c(CC(N)=O)csc3c2)c(C)n1.